The predicted molar refractivity (Wildman–Crippen MR) is 337 cm³/mol. The number of hydrogen-bond donors (Lipinski definition) is 9. The van der Waals surface area contributed by atoms with Crippen LogP contribution in [0.2, 0.25) is 0 Å². The van der Waals surface area contributed by atoms with Crippen LogP contribution in [0.4, 0.5) is 0 Å². The first kappa shape index (κ1) is 77.1. The Morgan fingerprint density at radius 3 is 1.95 bits per heavy atom. The van der Waals surface area contributed by atoms with Crippen LogP contribution in [-0.4, -0.2) is 138 Å². The monoisotopic (exact) mass is 1360 g/mol. The molecule has 514 valence electrons. The number of phosphoric acid groups is 1. The number of aliphatic hydroxyl groups excluding tert-OH is 2. The average Bonchev–Trinajstić information content (AvgIpc) is 1.53. The van der Waals surface area contributed by atoms with Crippen molar-refractivity contribution in [3.05, 3.63) is 69.2 Å². The van der Waals surface area contributed by atoms with E-state index in [0.717, 1.165) is 11.1 Å². The quantitative estimate of drug-likeness (QED) is 0.0610. The van der Waals surface area contributed by atoms with Gasteiger partial charge < -0.3 is 89.4 Å². The molecule has 2 aromatic rings. The first-order valence-electron chi connectivity index (χ1n) is 30.5. The molecule has 1 aromatic heterocycles. The summed E-state index contributed by atoms with van der Waals surface area (Å²) in [6.45, 7) is 19.0. The van der Waals surface area contributed by atoms with Crippen LogP contribution < -0.4 is 44.6 Å². The Morgan fingerprint density at radius 1 is 0.796 bits per heavy atom. The van der Waals surface area contributed by atoms with E-state index in [-0.39, 0.29) is 105 Å². The van der Waals surface area contributed by atoms with E-state index < -0.39 is 143 Å². The van der Waals surface area contributed by atoms with E-state index >= 15 is 0 Å². The first-order valence-corrected chi connectivity index (χ1v) is 32.0. The standard InChI is InChI=1S/C62H90N13O14P.Co.2H2O/c1-29-20-39-40(21-30(29)2)75(28-70-39)57-52(84)53(41(27-76)87-57)89-90(85,86)88-31(3)26-69-49(83)18-19-59(8)37(22-46(66)80)56-62(11)61(10,25-48(68)82)36(14-17-45(65)79)51(74-62)33(5)55-60(9,24-47(67)81)34(12-15-43(63)77)38(71-55)23-42-58(6,7)35(13-16-44(64)78)50(72-42)32(4)54(59)73-56;;;/h20-21,23,28,31,34-37,41,52-53,56-57,76,84H,12-19,22,24-27H2,1-11H3,(H15,63,64,65,66,67,68,69,71,72,73,74,77,78,79,80,81,82,83,85,86);;2*1H2/q;+3;;/p-3/t31-,34-,35-,36-,37+,41-,52-,53-,56?,57+,59-,60+,61+,62+;;;/m1.../s1. The van der Waals surface area contributed by atoms with E-state index in [9.17, 15) is 53.2 Å². The van der Waals surface area contributed by atoms with Crippen LogP contribution in [0.1, 0.15) is 150 Å². The van der Waals surface area contributed by atoms with Crippen LogP contribution in [0.3, 0.4) is 0 Å². The zero-order valence-electron chi connectivity index (χ0n) is 54.4. The summed E-state index contributed by atoms with van der Waals surface area (Å²) in [6.07, 6.45) is -4.79. The molecule has 7 amide bonds. The van der Waals surface area contributed by atoms with Gasteiger partial charge in [0.05, 0.1) is 41.3 Å². The zero-order valence-corrected chi connectivity index (χ0v) is 56.4. The van der Waals surface area contributed by atoms with Crippen molar-refractivity contribution in [1.29, 1.82) is 0 Å². The molecule has 0 radical (unpaired) electrons. The van der Waals surface area contributed by atoms with Gasteiger partial charge in [-0.05, 0) is 119 Å². The number of phosphoric ester groups is 1. The predicted octanol–water partition coefficient (Wildman–Crippen LogP) is 2.31. The van der Waals surface area contributed by atoms with Crippen molar-refractivity contribution >= 4 is 77.3 Å². The number of primary amides is 6. The van der Waals surface area contributed by atoms with E-state index in [1.54, 1.807) is 6.92 Å². The maximum absolute atomic E-state index is 14.4. The number of carbonyl (C=O) groups is 7. The number of imidazole rings is 1. The van der Waals surface area contributed by atoms with E-state index in [2.05, 4.69) is 10.3 Å². The van der Waals surface area contributed by atoms with Gasteiger partial charge in [0.1, 0.15) is 18.3 Å². The number of aliphatic hydroxyl groups is 2. The number of nitrogens with one attached hydrogen (secondary N) is 1. The molecular weight excluding hydrogens is 1270 g/mol. The number of carbonyl (C=O) groups excluding carboxylic acids is 7. The number of amides is 7. The number of allylic oxidation sites excluding steroid dienone is 6. The summed E-state index contributed by atoms with van der Waals surface area (Å²) in [5.74, 6) is -7.40. The van der Waals surface area contributed by atoms with E-state index in [1.165, 1.54) is 17.8 Å². The zero-order chi connectivity index (χ0) is 66.7. The molecule has 2 saturated heterocycles. The molecule has 2 unspecified atom stereocenters. The van der Waals surface area contributed by atoms with Crippen LogP contribution in [0.15, 0.2) is 67.8 Å². The van der Waals surface area contributed by atoms with Crippen LogP contribution in [0.5, 0.6) is 0 Å². The van der Waals surface area contributed by atoms with Gasteiger partial charge in [-0.1, -0.05) is 40.7 Å². The van der Waals surface area contributed by atoms with Gasteiger partial charge in [-0.25, -0.2) is 4.98 Å². The molecule has 18 N–H and O–H groups in total. The number of aliphatic imine (C=N–C) groups is 3. The summed E-state index contributed by atoms with van der Waals surface area (Å²) >= 11 is 0. The first-order chi connectivity index (χ1) is 41.8. The molecule has 7 heterocycles. The smallest absolute Gasteiger partial charge is 0.870 e. The van der Waals surface area contributed by atoms with Crippen LogP contribution >= 0.6 is 7.82 Å². The second-order valence-electron chi connectivity index (χ2n) is 27.0. The molecule has 1 aromatic carbocycles. The molecule has 29 nitrogen and oxygen atoms in total. The number of aryl methyl sites for hydroxylation is 2. The van der Waals surface area contributed by atoms with E-state index in [4.69, 9.17) is 68.5 Å². The van der Waals surface area contributed by atoms with Gasteiger partial charge in [-0.3, -0.25) is 53.1 Å². The minimum Gasteiger partial charge on any atom is -0.870 e. The average molecular weight is 1360 g/mol. The number of fused-ring (bicyclic) bond motifs is 7. The fourth-order valence-corrected chi connectivity index (χ4v) is 16.4. The molecule has 0 saturated carbocycles. The van der Waals surface area contributed by atoms with Crippen LogP contribution in [-0.2, 0) is 68.7 Å². The van der Waals surface area contributed by atoms with Crippen LogP contribution in [0.25, 0.3) is 16.4 Å². The fraction of sp³-hybridized carbons (Fsp3) is 0.629. The Balaban J connectivity index is 0.00000523. The normalized spacial score (nSPS) is 33.1. The van der Waals surface area contributed by atoms with Crippen molar-refractivity contribution in [3.63, 3.8) is 0 Å². The van der Waals surface area contributed by atoms with Crippen LogP contribution in [0, 0.1) is 59.2 Å². The summed E-state index contributed by atoms with van der Waals surface area (Å²) in [5.41, 5.74) is 36.7. The Kier molecular flexibility index (Phi) is 23.9. The third-order valence-electron chi connectivity index (χ3n) is 20.5. The van der Waals surface area contributed by atoms with Crippen molar-refractivity contribution in [3.8, 4) is 0 Å². The molecule has 8 rings (SSSR count). The molecule has 31 heteroatoms. The molecule has 8 bridgehead atoms. The van der Waals surface area contributed by atoms with Crippen molar-refractivity contribution in [2.45, 2.75) is 189 Å². The third kappa shape index (κ3) is 14.8. The number of nitrogens with two attached hydrogens (primary N) is 6. The molecule has 15 atom stereocenters. The maximum atomic E-state index is 14.4. The fourth-order valence-electron chi connectivity index (χ4n) is 15.3. The van der Waals surface area contributed by atoms with Crippen molar-refractivity contribution in [1.82, 2.24) is 14.9 Å². The van der Waals surface area contributed by atoms with Gasteiger partial charge in [-0.15, -0.1) is 0 Å². The van der Waals surface area contributed by atoms with Crippen molar-refractivity contribution < 1.29 is 94.7 Å². The van der Waals surface area contributed by atoms with Gasteiger partial charge in [0.15, 0.2) is 6.23 Å². The van der Waals surface area contributed by atoms with Gasteiger partial charge in [0.2, 0.25) is 41.4 Å². The van der Waals surface area contributed by atoms with Gasteiger partial charge in [0, 0.05) is 108 Å². The largest absolute Gasteiger partial charge is 3.00 e. The molecule has 6 aliphatic heterocycles. The second kappa shape index (κ2) is 28.8. The summed E-state index contributed by atoms with van der Waals surface area (Å²) in [5, 5.41) is 30.1. The number of benzene rings is 1. The Labute approximate surface area is 550 Å². The summed E-state index contributed by atoms with van der Waals surface area (Å²) in [7, 11) is -5.32. The summed E-state index contributed by atoms with van der Waals surface area (Å²) < 4.78 is 31.9. The SMILES string of the molecule is C/C1=C2/[N-]C([C@H](CC(N)=O)[C@@]2(C)CCC(=O)NC[C@@H](C)OP(=O)([O-])O[C@H]2[C@@H](O)[C@@H](n3cnc4cc(C)c(C)cc43)O[C@@H]2CO)[C@]2(C)N=C(/C(C)=C3N=C(/C=C4N=C1[C@@H](CCC(N)=O)C\4(C)C)[C@@H](CCC(N)=O)[C@]\3(C)CC(N)=O)[C@@H](CCC(N)=O)[C@]2(C)CC(N)=O.O.[Co+3].[OH-]. The number of nitrogens with zero attached hydrogens (tertiary/aromatic N) is 6. The summed E-state index contributed by atoms with van der Waals surface area (Å²) in [6, 6.07) is 2.65. The third-order valence-corrected chi connectivity index (χ3v) is 21.6. The molecule has 6 aliphatic rings. The van der Waals surface area contributed by atoms with Crippen molar-refractivity contribution in [2.24, 2.45) is 94.7 Å². The second-order valence-corrected chi connectivity index (χ2v) is 28.3. The Bertz CT molecular complexity index is 3550. The molecule has 0 aliphatic carbocycles. The number of ether oxygens (including phenoxy) is 1. The minimum atomic E-state index is -5.32. The Morgan fingerprint density at radius 2 is 1.38 bits per heavy atom. The molecule has 2 fully saturated rings. The van der Waals surface area contributed by atoms with E-state index in [1.807, 2.05) is 80.5 Å². The number of rotatable bonds is 26. The Hall–Kier alpha value is -6.57. The maximum Gasteiger partial charge on any atom is 3.00 e. The van der Waals surface area contributed by atoms with Gasteiger partial charge >= 0.3 is 16.8 Å². The molecule has 93 heavy (non-hydrogen) atoms. The number of aromatic nitrogens is 2. The van der Waals surface area contributed by atoms with Gasteiger partial charge in [-0.2, -0.15) is 5.70 Å². The number of hydrogen-bond acceptors (Lipinski definition) is 19. The molecular formula is C62H91CoN13O16P. The minimum absolute atomic E-state index is 0. The van der Waals surface area contributed by atoms with Crippen molar-refractivity contribution in [2.75, 3.05) is 13.2 Å². The van der Waals surface area contributed by atoms with E-state index in [0.29, 0.717) is 56.4 Å². The van der Waals surface area contributed by atoms with Gasteiger partial charge in [0.25, 0.3) is 7.82 Å². The summed E-state index contributed by atoms with van der Waals surface area (Å²) in [4.78, 5) is 128. The topological polar surface area (TPSA) is 526 Å². The molecule has 0 spiro atoms.